The lowest BCUT2D eigenvalue weighted by Gasteiger charge is -2.39. The molecule has 6 heteroatoms. The van der Waals surface area contributed by atoms with E-state index >= 15 is 0 Å². The third kappa shape index (κ3) is 9.02. The number of carbonyl (C=O) groups is 1. The highest BCUT2D eigenvalue weighted by molar-refractivity contribution is 14.1. The van der Waals surface area contributed by atoms with Crippen molar-refractivity contribution in [3.63, 3.8) is 0 Å². The first kappa shape index (κ1) is 25.9. The summed E-state index contributed by atoms with van der Waals surface area (Å²) in [5.41, 5.74) is 0.695. The summed E-state index contributed by atoms with van der Waals surface area (Å²) in [5, 5.41) is 0. The van der Waals surface area contributed by atoms with Crippen molar-refractivity contribution >= 4 is 73.7 Å². The molecule has 0 atom stereocenters. The van der Waals surface area contributed by atoms with Crippen LogP contribution in [0.1, 0.15) is 69.7 Å². The van der Waals surface area contributed by atoms with E-state index in [9.17, 15) is 4.79 Å². The topological polar surface area (TPSA) is 26.3 Å². The molecule has 0 fully saturated rings. The van der Waals surface area contributed by atoms with E-state index in [2.05, 4.69) is 94.6 Å². The molecule has 0 unspecified atom stereocenters. The van der Waals surface area contributed by atoms with Gasteiger partial charge in [0.15, 0.2) is 0 Å². The maximum atomic E-state index is 12.7. The van der Waals surface area contributed by atoms with Crippen molar-refractivity contribution in [1.82, 2.24) is 0 Å². The largest absolute Gasteiger partial charge is 0.456 e. The smallest absolute Gasteiger partial charge is 0.339 e. The zero-order valence-corrected chi connectivity index (χ0v) is 23.3. The van der Waals surface area contributed by atoms with Crippen LogP contribution in [-0.2, 0) is 4.74 Å². The van der Waals surface area contributed by atoms with Crippen LogP contribution in [0, 0.1) is 10.7 Å². The van der Waals surface area contributed by atoms with Gasteiger partial charge in [-0.1, -0.05) is 40.0 Å². The average molecular weight is 712 g/mol. The van der Waals surface area contributed by atoms with Crippen molar-refractivity contribution in [1.29, 1.82) is 0 Å². The Morgan fingerprint density at radius 2 is 1.41 bits per heavy atom. The summed E-state index contributed by atoms with van der Waals surface area (Å²) < 4.78 is 10.0. The number of esters is 1. The summed E-state index contributed by atoms with van der Waals surface area (Å²) in [5.74, 6) is -0.185. The predicted octanol–water partition coefficient (Wildman–Crippen LogP) is 6.87. The summed E-state index contributed by atoms with van der Waals surface area (Å²) in [6.07, 6.45) is 7.39. The van der Waals surface area contributed by atoms with Gasteiger partial charge in [-0.25, -0.2) is 4.79 Å². The number of hydrogen-bond acceptors (Lipinski definition) is 2. The van der Waals surface area contributed by atoms with Gasteiger partial charge in [0, 0.05) is 10.7 Å². The van der Waals surface area contributed by atoms with E-state index in [-0.39, 0.29) is 5.97 Å². The van der Waals surface area contributed by atoms with Crippen LogP contribution in [0.5, 0.6) is 0 Å². The lowest BCUT2D eigenvalue weighted by Crippen LogP contribution is -2.52. The Morgan fingerprint density at radius 1 is 0.889 bits per heavy atom. The van der Waals surface area contributed by atoms with Crippen LogP contribution >= 0.6 is 67.8 Å². The first-order chi connectivity index (χ1) is 12.9. The minimum absolute atomic E-state index is 0.185. The van der Waals surface area contributed by atoms with Crippen molar-refractivity contribution in [3.8, 4) is 0 Å². The second-order valence-corrected chi connectivity index (χ2v) is 10.7. The van der Waals surface area contributed by atoms with Crippen molar-refractivity contribution < 1.29 is 14.0 Å². The predicted molar refractivity (Wildman–Crippen MR) is 139 cm³/mol. The number of unbranched alkanes of at least 4 members (excludes halogenated alkanes) is 3. The number of carbonyl (C=O) groups excluding carboxylic acids is 1. The van der Waals surface area contributed by atoms with Gasteiger partial charge in [0.2, 0.25) is 0 Å². The molecule has 0 amide bonds. The van der Waals surface area contributed by atoms with Crippen molar-refractivity contribution in [2.45, 2.75) is 59.3 Å². The van der Waals surface area contributed by atoms with Gasteiger partial charge in [-0.3, -0.25) is 0 Å². The molecule has 0 aromatic heterocycles. The molecule has 0 bridgehead atoms. The second kappa shape index (κ2) is 14.0. The van der Waals surface area contributed by atoms with E-state index in [1.807, 2.05) is 6.07 Å². The molecule has 0 aliphatic heterocycles. The molecule has 0 radical (unpaired) electrons. The normalized spacial score (nSPS) is 11.6. The Hall–Kier alpha value is 0.840. The Morgan fingerprint density at radius 3 is 1.89 bits per heavy atom. The third-order valence-corrected chi connectivity index (χ3v) is 8.64. The molecule has 0 spiro atoms. The summed E-state index contributed by atoms with van der Waals surface area (Å²) in [6, 6.07) is 4.02. The number of hydrogen-bond donors (Lipinski definition) is 0. The lowest BCUT2D eigenvalue weighted by molar-refractivity contribution is -0.929. The Bertz CT molecular complexity index is 571. The van der Waals surface area contributed by atoms with Crippen LogP contribution in [0.2, 0.25) is 0 Å². The number of benzene rings is 1. The maximum Gasteiger partial charge on any atom is 0.339 e. The molecule has 27 heavy (non-hydrogen) atoms. The third-order valence-electron chi connectivity index (χ3n) is 4.97. The van der Waals surface area contributed by atoms with Crippen LogP contribution in [0.15, 0.2) is 12.1 Å². The van der Waals surface area contributed by atoms with Gasteiger partial charge < -0.3 is 9.22 Å². The second-order valence-electron chi connectivity index (χ2n) is 7.18. The lowest BCUT2D eigenvalue weighted by atomic mass is 10.1. The average Bonchev–Trinajstić information content (AvgIpc) is 2.65. The molecule has 0 saturated carbocycles. The number of nitrogens with zero attached hydrogens (tertiary/aromatic N) is 1. The van der Waals surface area contributed by atoms with Gasteiger partial charge >= 0.3 is 5.97 Å². The van der Waals surface area contributed by atoms with Crippen LogP contribution in [-0.4, -0.2) is 43.2 Å². The van der Waals surface area contributed by atoms with Crippen molar-refractivity contribution in [2.75, 3.05) is 32.8 Å². The van der Waals surface area contributed by atoms with Gasteiger partial charge in [-0.2, -0.15) is 0 Å². The molecule has 3 nitrogen and oxygen atoms in total. The number of quaternary nitrogens is 1. The number of rotatable bonds is 13. The first-order valence-corrected chi connectivity index (χ1v) is 13.3. The minimum Gasteiger partial charge on any atom is -0.456 e. The van der Waals surface area contributed by atoms with Crippen molar-refractivity contribution in [3.05, 3.63) is 28.4 Å². The molecule has 0 heterocycles. The molecule has 0 saturated heterocycles. The van der Waals surface area contributed by atoms with E-state index in [1.165, 1.54) is 58.2 Å². The Kier molecular flexibility index (Phi) is 13.4. The molecule has 154 valence electrons. The van der Waals surface area contributed by atoms with E-state index in [1.54, 1.807) is 0 Å². The van der Waals surface area contributed by atoms with E-state index in [0.717, 1.165) is 21.7 Å². The Labute approximate surface area is 206 Å². The standard InChI is InChI=1S/C21H33I3NO2/c1-4-7-10-25(11-8-5-2,12-9-6-3)13-14-27-21(26)18-15-17(22)16-19(23)20(18)24/h15-16H,4-14H2,1-3H3/q+1. The fourth-order valence-corrected chi connectivity index (χ4v) is 5.64. The zero-order valence-electron chi connectivity index (χ0n) is 16.8. The molecule has 1 aromatic rings. The van der Waals surface area contributed by atoms with E-state index in [0.29, 0.717) is 12.2 Å². The first-order valence-electron chi connectivity index (χ1n) is 10.1. The minimum atomic E-state index is -0.185. The van der Waals surface area contributed by atoms with Crippen LogP contribution in [0.4, 0.5) is 0 Å². The van der Waals surface area contributed by atoms with Gasteiger partial charge in [-0.05, 0) is 99.2 Å². The summed E-state index contributed by atoms with van der Waals surface area (Å²) >= 11 is 6.78. The van der Waals surface area contributed by atoms with E-state index < -0.39 is 0 Å². The van der Waals surface area contributed by atoms with E-state index in [4.69, 9.17) is 4.74 Å². The fourth-order valence-electron chi connectivity index (χ4n) is 3.27. The van der Waals surface area contributed by atoms with Crippen LogP contribution in [0.25, 0.3) is 0 Å². The number of ether oxygens (including phenoxy) is 1. The zero-order chi connectivity index (χ0) is 20.3. The van der Waals surface area contributed by atoms with Gasteiger partial charge in [0.1, 0.15) is 13.2 Å². The molecular formula is C21H33I3NO2+. The molecule has 1 aromatic carbocycles. The van der Waals surface area contributed by atoms with Gasteiger partial charge in [0.25, 0.3) is 0 Å². The van der Waals surface area contributed by atoms with Crippen LogP contribution in [0.3, 0.4) is 0 Å². The fraction of sp³-hybridized carbons (Fsp3) is 0.667. The molecule has 0 aliphatic carbocycles. The summed E-state index contributed by atoms with van der Waals surface area (Å²) in [6.45, 7) is 11.8. The highest BCUT2D eigenvalue weighted by Gasteiger charge is 2.26. The summed E-state index contributed by atoms with van der Waals surface area (Å²) in [7, 11) is 0. The molecule has 0 aliphatic rings. The Balaban J connectivity index is 2.79. The highest BCUT2D eigenvalue weighted by Crippen LogP contribution is 2.23. The van der Waals surface area contributed by atoms with Gasteiger partial charge in [-0.15, -0.1) is 0 Å². The summed E-state index contributed by atoms with van der Waals surface area (Å²) in [4.78, 5) is 12.7. The molecule has 1 rings (SSSR count). The SMILES string of the molecule is CCCC[N+](CCCC)(CCCC)CCOC(=O)c1cc(I)cc(I)c1I. The molecule has 0 N–H and O–H groups in total. The van der Waals surface area contributed by atoms with Gasteiger partial charge in [0.05, 0.1) is 25.2 Å². The van der Waals surface area contributed by atoms with Crippen LogP contribution < -0.4 is 0 Å². The molecular weight excluding hydrogens is 679 g/mol. The monoisotopic (exact) mass is 712 g/mol. The quantitative estimate of drug-likeness (QED) is 0.0967. The highest BCUT2D eigenvalue weighted by atomic mass is 127. The maximum absolute atomic E-state index is 12.7. The number of halogens is 3. The van der Waals surface area contributed by atoms with Crippen molar-refractivity contribution in [2.24, 2.45) is 0 Å².